The molecule has 0 heterocycles. The van der Waals surface area contributed by atoms with Gasteiger partial charge in [0.2, 0.25) is 10.0 Å². The van der Waals surface area contributed by atoms with Crippen molar-refractivity contribution in [2.45, 2.75) is 46.6 Å². The number of aliphatic imine (C=N–C) groups is 1. The molecule has 0 saturated carbocycles. The Kier molecular flexibility index (Phi) is 8.12. The Balaban J connectivity index is 4.37. The van der Waals surface area contributed by atoms with Crippen LogP contribution < -0.4 is 10.6 Å². The van der Waals surface area contributed by atoms with Crippen LogP contribution in [0.5, 0.6) is 0 Å². The molecule has 2 N–H and O–H groups in total. The van der Waals surface area contributed by atoms with Crippen LogP contribution in [-0.4, -0.2) is 56.7 Å². The van der Waals surface area contributed by atoms with Gasteiger partial charge in [-0.1, -0.05) is 6.92 Å². The van der Waals surface area contributed by atoms with E-state index in [1.165, 1.54) is 10.6 Å². The van der Waals surface area contributed by atoms with Gasteiger partial charge in [-0.2, -0.15) is 0 Å². The molecule has 120 valence electrons. The normalized spacial score (nSPS) is 13.7. The molecule has 0 unspecified atom stereocenters. The smallest absolute Gasteiger partial charge is 0.211 e. The largest absolute Gasteiger partial charge is 0.357 e. The maximum absolute atomic E-state index is 11.4. The lowest BCUT2D eigenvalue weighted by Crippen LogP contribution is -2.47. The van der Waals surface area contributed by atoms with E-state index < -0.39 is 10.0 Å². The van der Waals surface area contributed by atoms with Crippen LogP contribution in [0.2, 0.25) is 0 Å². The van der Waals surface area contributed by atoms with E-state index in [9.17, 15) is 8.42 Å². The Morgan fingerprint density at radius 2 is 1.85 bits per heavy atom. The molecule has 0 spiro atoms. The molecule has 0 atom stereocenters. The maximum Gasteiger partial charge on any atom is 0.211 e. The summed E-state index contributed by atoms with van der Waals surface area (Å²) in [5.41, 5.74) is -0.0524. The summed E-state index contributed by atoms with van der Waals surface area (Å²) in [4.78, 5) is 4.46. The first-order chi connectivity index (χ1) is 9.10. The topological polar surface area (TPSA) is 73.8 Å². The maximum atomic E-state index is 11.4. The second kappa shape index (κ2) is 8.46. The number of sulfonamides is 1. The molecule has 0 aliphatic heterocycles. The van der Waals surface area contributed by atoms with Gasteiger partial charge in [0.1, 0.15) is 0 Å². The van der Waals surface area contributed by atoms with Gasteiger partial charge in [0.25, 0.3) is 0 Å². The van der Waals surface area contributed by atoms with Gasteiger partial charge in [-0.05, 0) is 34.1 Å². The highest BCUT2D eigenvalue weighted by molar-refractivity contribution is 7.88. The Morgan fingerprint density at radius 1 is 1.25 bits per heavy atom. The summed E-state index contributed by atoms with van der Waals surface area (Å²) in [7, 11) is -3.10. The molecule has 20 heavy (non-hydrogen) atoms. The van der Waals surface area contributed by atoms with Gasteiger partial charge >= 0.3 is 0 Å². The molecule has 0 radical (unpaired) electrons. The third kappa shape index (κ3) is 9.14. The van der Waals surface area contributed by atoms with Crippen LogP contribution in [0.3, 0.4) is 0 Å². The minimum atomic E-state index is -3.10. The lowest BCUT2D eigenvalue weighted by molar-refractivity contribution is 0.426. The first-order valence-electron chi connectivity index (χ1n) is 7.11. The van der Waals surface area contributed by atoms with Crippen molar-refractivity contribution in [2.75, 3.05) is 32.4 Å². The Labute approximate surface area is 124 Å². The standard InChI is InChI=1S/C13H30N4O2S/c1-7-14-12(16-13(3,4)5)15-10-9-11-17(8-2)20(6,18)19/h7-11H2,1-6H3,(H2,14,15,16). The Hall–Kier alpha value is -0.820. The average molecular weight is 306 g/mol. The molecule has 0 aromatic heterocycles. The number of nitrogens with one attached hydrogen (secondary N) is 2. The van der Waals surface area contributed by atoms with E-state index in [4.69, 9.17) is 0 Å². The summed E-state index contributed by atoms with van der Waals surface area (Å²) in [5.74, 6) is 0.766. The van der Waals surface area contributed by atoms with E-state index in [-0.39, 0.29) is 5.54 Å². The fraction of sp³-hybridized carbons (Fsp3) is 0.923. The number of hydrogen-bond donors (Lipinski definition) is 2. The minimum absolute atomic E-state index is 0.0524. The van der Waals surface area contributed by atoms with Crippen molar-refractivity contribution in [3.63, 3.8) is 0 Å². The molecule has 0 saturated heterocycles. The van der Waals surface area contributed by atoms with Crippen molar-refractivity contribution in [2.24, 2.45) is 4.99 Å². The fourth-order valence-electron chi connectivity index (χ4n) is 1.66. The number of guanidine groups is 1. The zero-order chi connectivity index (χ0) is 15.8. The lowest BCUT2D eigenvalue weighted by atomic mass is 10.1. The summed E-state index contributed by atoms with van der Waals surface area (Å²) < 4.78 is 24.4. The molecule has 0 aliphatic rings. The SMILES string of the molecule is CCNC(=NCCCN(CC)S(C)(=O)=O)NC(C)(C)C. The van der Waals surface area contributed by atoms with Gasteiger partial charge in [-0.25, -0.2) is 12.7 Å². The Morgan fingerprint density at radius 3 is 2.25 bits per heavy atom. The predicted molar refractivity (Wildman–Crippen MR) is 85.6 cm³/mol. The van der Waals surface area contributed by atoms with E-state index in [2.05, 4.69) is 36.4 Å². The number of hydrogen-bond acceptors (Lipinski definition) is 3. The van der Waals surface area contributed by atoms with Crippen molar-refractivity contribution in [3.05, 3.63) is 0 Å². The van der Waals surface area contributed by atoms with E-state index >= 15 is 0 Å². The monoisotopic (exact) mass is 306 g/mol. The molecule has 0 aromatic rings. The quantitative estimate of drug-likeness (QED) is 0.418. The molecule has 0 amide bonds. The summed E-state index contributed by atoms with van der Waals surface area (Å²) in [6.45, 7) is 12.5. The molecule has 0 bridgehead atoms. The van der Waals surface area contributed by atoms with Crippen LogP contribution in [0.15, 0.2) is 4.99 Å². The van der Waals surface area contributed by atoms with Crippen LogP contribution in [0.25, 0.3) is 0 Å². The van der Waals surface area contributed by atoms with Crippen LogP contribution in [0, 0.1) is 0 Å². The second-order valence-electron chi connectivity index (χ2n) is 5.74. The highest BCUT2D eigenvalue weighted by Gasteiger charge is 2.14. The average Bonchev–Trinajstić information content (AvgIpc) is 2.25. The van der Waals surface area contributed by atoms with Gasteiger partial charge in [0.05, 0.1) is 6.26 Å². The van der Waals surface area contributed by atoms with E-state index in [0.29, 0.717) is 26.1 Å². The molecule has 0 aliphatic carbocycles. The van der Waals surface area contributed by atoms with Gasteiger partial charge in [0.15, 0.2) is 5.96 Å². The molecule has 0 fully saturated rings. The van der Waals surface area contributed by atoms with E-state index in [1.807, 2.05) is 13.8 Å². The van der Waals surface area contributed by atoms with Gasteiger partial charge in [-0.3, -0.25) is 4.99 Å². The minimum Gasteiger partial charge on any atom is -0.357 e. The molecular formula is C13H30N4O2S. The summed E-state index contributed by atoms with van der Waals surface area (Å²) in [5, 5.41) is 6.48. The van der Waals surface area contributed by atoms with Crippen LogP contribution in [0.1, 0.15) is 41.0 Å². The summed E-state index contributed by atoms with van der Waals surface area (Å²) in [6, 6.07) is 0. The van der Waals surface area contributed by atoms with Crippen molar-refractivity contribution in [3.8, 4) is 0 Å². The summed E-state index contributed by atoms with van der Waals surface area (Å²) in [6.07, 6.45) is 1.95. The summed E-state index contributed by atoms with van der Waals surface area (Å²) >= 11 is 0. The second-order valence-corrected chi connectivity index (χ2v) is 7.73. The highest BCUT2D eigenvalue weighted by atomic mass is 32.2. The number of rotatable bonds is 7. The molecule has 0 aromatic carbocycles. The third-order valence-corrected chi connectivity index (χ3v) is 3.87. The van der Waals surface area contributed by atoms with Gasteiger partial charge in [0, 0.05) is 31.7 Å². The molecule has 6 nitrogen and oxygen atoms in total. The predicted octanol–water partition coefficient (Wildman–Crippen LogP) is 1.01. The lowest BCUT2D eigenvalue weighted by Gasteiger charge is -2.24. The number of nitrogens with zero attached hydrogens (tertiary/aromatic N) is 2. The molecular weight excluding hydrogens is 276 g/mol. The van der Waals surface area contributed by atoms with Crippen molar-refractivity contribution >= 4 is 16.0 Å². The van der Waals surface area contributed by atoms with Crippen LogP contribution in [0.4, 0.5) is 0 Å². The third-order valence-electron chi connectivity index (χ3n) is 2.49. The van der Waals surface area contributed by atoms with Crippen LogP contribution in [-0.2, 0) is 10.0 Å². The van der Waals surface area contributed by atoms with Gasteiger partial charge in [-0.15, -0.1) is 0 Å². The first-order valence-corrected chi connectivity index (χ1v) is 8.96. The van der Waals surface area contributed by atoms with Gasteiger partial charge < -0.3 is 10.6 Å². The van der Waals surface area contributed by atoms with E-state index in [0.717, 1.165) is 12.5 Å². The van der Waals surface area contributed by atoms with E-state index in [1.54, 1.807) is 0 Å². The molecule has 0 rings (SSSR count). The van der Waals surface area contributed by atoms with Crippen molar-refractivity contribution < 1.29 is 8.42 Å². The highest BCUT2D eigenvalue weighted by Crippen LogP contribution is 2.00. The zero-order valence-corrected chi connectivity index (χ0v) is 14.5. The van der Waals surface area contributed by atoms with Crippen molar-refractivity contribution in [1.29, 1.82) is 0 Å². The molecule has 7 heteroatoms. The first kappa shape index (κ1) is 19.2. The van der Waals surface area contributed by atoms with Crippen LogP contribution >= 0.6 is 0 Å². The van der Waals surface area contributed by atoms with Crippen molar-refractivity contribution in [1.82, 2.24) is 14.9 Å². The fourth-order valence-corrected chi connectivity index (χ4v) is 2.59. The zero-order valence-electron chi connectivity index (χ0n) is 13.7. The Bertz CT molecular complexity index is 399.